The van der Waals surface area contributed by atoms with Gasteiger partial charge >= 0.3 is 0 Å². The highest BCUT2D eigenvalue weighted by atomic mass is 32.1. The fourth-order valence-corrected chi connectivity index (χ4v) is 2.82. The molecule has 1 aromatic heterocycles. The van der Waals surface area contributed by atoms with Crippen LogP contribution < -0.4 is 15.2 Å². The number of aromatic nitrogens is 1. The number of hydrogen-bond acceptors (Lipinski definition) is 5. The second-order valence-corrected chi connectivity index (χ2v) is 6.21. The van der Waals surface area contributed by atoms with Gasteiger partial charge in [-0.3, -0.25) is 0 Å². The highest BCUT2D eigenvalue weighted by Gasteiger charge is 2.05. The summed E-state index contributed by atoms with van der Waals surface area (Å²) < 4.78 is 11.4. The van der Waals surface area contributed by atoms with E-state index in [1.165, 1.54) is 5.56 Å². The quantitative estimate of drug-likeness (QED) is 0.506. The molecule has 0 bridgehead atoms. The van der Waals surface area contributed by atoms with Crippen LogP contribution in [0.5, 0.6) is 11.5 Å². The van der Waals surface area contributed by atoms with E-state index in [-0.39, 0.29) is 0 Å². The lowest BCUT2D eigenvalue weighted by molar-refractivity contribution is 0.248. The van der Waals surface area contributed by atoms with Gasteiger partial charge in [0, 0.05) is 17.4 Å². The summed E-state index contributed by atoms with van der Waals surface area (Å²) in [6, 6.07) is 13.8. The molecule has 3 rings (SSSR count). The number of thiazole rings is 1. The van der Waals surface area contributed by atoms with Gasteiger partial charge in [-0.1, -0.05) is 17.7 Å². The van der Waals surface area contributed by atoms with Crippen LogP contribution in [0.15, 0.2) is 53.4 Å². The van der Waals surface area contributed by atoms with E-state index in [0.717, 1.165) is 23.4 Å². The summed E-state index contributed by atoms with van der Waals surface area (Å²) >= 11 is 1.57. The topological polar surface area (TPSA) is 57.4 Å². The molecule has 1 heterocycles. The van der Waals surface area contributed by atoms with E-state index in [2.05, 4.69) is 11.9 Å². The van der Waals surface area contributed by atoms with Crippen LogP contribution >= 0.6 is 11.3 Å². The molecule has 2 N–H and O–H groups in total. The normalized spacial score (nSPS) is 10.5. The summed E-state index contributed by atoms with van der Waals surface area (Å²) in [5.74, 6) is 1.58. The molecule has 0 aliphatic rings. The summed E-state index contributed by atoms with van der Waals surface area (Å²) in [6.45, 7) is 3.23. The van der Waals surface area contributed by atoms with Gasteiger partial charge in [0.15, 0.2) is 0 Å². The smallest absolute Gasteiger partial charge is 0.142 e. The Morgan fingerprint density at radius 3 is 2.54 bits per heavy atom. The van der Waals surface area contributed by atoms with Crippen LogP contribution in [0.3, 0.4) is 0 Å². The van der Waals surface area contributed by atoms with Crippen molar-refractivity contribution in [2.24, 2.45) is 0 Å². The number of rotatable bonds is 7. The first-order chi connectivity index (χ1) is 11.7. The predicted molar refractivity (Wildman–Crippen MR) is 98.7 cm³/mol. The Morgan fingerprint density at radius 1 is 1.04 bits per heavy atom. The summed E-state index contributed by atoms with van der Waals surface area (Å²) in [4.78, 5) is 4.28. The molecule has 0 unspecified atom stereocenters. The maximum Gasteiger partial charge on any atom is 0.142 e. The molecule has 3 aromatic rings. The third-order valence-corrected chi connectivity index (χ3v) is 4.16. The van der Waals surface area contributed by atoms with Gasteiger partial charge < -0.3 is 15.2 Å². The van der Waals surface area contributed by atoms with Crippen molar-refractivity contribution in [3.63, 3.8) is 0 Å². The molecule has 0 radical (unpaired) electrons. The lowest BCUT2D eigenvalue weighted by Gasteiger charge is -2.11. The molecular formula is C19H20N2O2S. The van der Waals surface area contributed by atoms with Crippen LogP contribution in [0.4, 0.5) is 5.69 Å². The number of nitrogens with two attached hydrogens (primary N) is 1. The molecule has 4 nitrogen and oxygen atoms in total. The molecule has 0 spiro atoms. The number of nitrogen functional groups attached to an aromatic ring is 1. The third kappa shape index (κ3) is 4.26. The number of aryl methyl sites for hydroxylation is 1. The molecule has 5 heteroatoms. The van der Waals surface area contributed by atoms with E-state index in [4.69, 9.17) is 15.2 Å². The predicted octanol–water partition coefficient (Wildman–Crippen LogP) is 4.55. The SMILES string of the molecule is Cc1ccc(OCCCOc2ccc(-c3cscn3)cc2N)cc1. The van der Waals surface area contributed by atoms with Crippen molar-refractivity contribution in [2.75, 3.05) is 18.9 Å². The van der Waals surface area contributed by atoms with Crippen molar-refractivity contribution in [1.82, 2.24) is 4.98 Å². The average Bonchev–Trinajstić information content (AvgIpc) is 3.12. The molecule has 2 aromatic carbocycles. The third-order valence-electron chi connectivity index (χ3n) is 3.57. The highest BCUT2D eigenvalue weighted by molar-refractivity contribution is 7.07. The second-order valence-electron chi connectivity index (χ2n) is 5.49. The number of anilines is 1. The highest BCUT2D eigenvalue weighted by Crippen LogP contribution is 2.28. The van der Waals surface area contributed by atoms with Gasteiger partial charge in [-0.25, -0.2) is 4.98 Å². The molecule has 0 fully saturated rings. The van der Waals surface area contributed by atoms with Crippen LogP contribution in [0.1, 0.15) is 12.0 Å². The molecule has 124 valence electrons. The summed E-state index contributed by atoms with van der Waals surface area (Å²) in [5.41, 5.74) is 11.7. The zero-order chi connectivity index (χ0) is 16.8. The number of ether oxygens (including phenoxy) is 2. The Labute approximate surface area is 145 Å². The molecular weight excluding hydrogens is 320 g/mol. The lowest BCUT2D eigenvalue weighted by atomic mass is 10.1. The molecule has 24 heavy (non-hydrogen) atoms. The molecule has 0 amide bonds. The van der Waals surface area contributed by atoms with Crippen LogP contribution in [0, 0.1) is 6.92 Å². The van der Waals surface area contributed by atoms with Gasteiger partial charge in [-0.15, -0.1) is 11.3 Å². The van der Waals surface area contributed by atoms with Crippen molar-refractivity contribution in [3.8, 4) is 22.8 Å². The number of benzene rings is 2. The molecule has 0 atom stereocenters. The van der Waals surface area contributed by atoms with Crippen LogP contribution in [-0.2, 0) is 0 Å². The van der Waals surface area contributed by atoms with Crippen LogP contribution in [0.25, 0.3) is 11.3 Å². The fourth-order valence-electron chi connectivity index (χ4n) is 2.26. The van der Waals surface area contributed by atoms with Crippen molar-refractivity contribution in [3.05, 3.63) is 58.9 Å². The maximum atomic E-state index is 6.07. The zero-order valence-electron chi connectivity index (χ0n) is 13.6. The Bertz CT molecular complexity index is 771. The average molecular weight is 340 g/mol. The fraction of sp³-hybridized carbons (Fsp3) is 0.211. The van der Waals surface area contributed by atoms with Crippen LogP contribution in [0.2, 0.25) is 0 Å². The maximum absolute atomic E-state index is 6.07. The Hall–Kier alpha value is -2.53. The van der Waals surface area contributed by atoms with Crippen molar-refractivity contribution >= 4 is 17.0 Å². The molecule has 0 saturated heterocycles. The summed E-state index contributed by atoms with van der Waals surface area (Å²) in [7, 11) is 0. The van der Waals surface area contributed by atoms with E-state index in [9.17, 15) is 0 Å². The Balaban J connectivity index is 1.46. The van der Waals surface area contributed by atoms with Gasteiger partial charge in [0.2, 0.25) is 0 Å². The zero-order valence-corrected chi connectivity index (χ0v) is 14.4. The summed E-state index contributed by atoms with van der Waals surface area (Å²) in [5, 5.41) is 2.00. The minimum atomic E-state index is 0.562. The molecule has 0 saturated carbocycles. The largest absolute Gasteiger partial charge is 0.493 e. The van der Waals surface area contributed by atoms with E-state index in [1.54, 1.807) is 11.3 Å². The molecule has 0 aliphatic carbocycles. The van der Waals surface area contributed by atoms with Crippen molar-refractivity contribution in [1.29, 1.82) is 0 Å². The Morgan fingerprint density at radius 2 is 1.83 bits per heavy atom. The minimum Gasteiger partial charge on any atom is -0.493 e. The van der Waals surface area contributed by atoms with Gasteiger partial charge in [-0.2, -0.15) is 0 Å². The van der Waals surface area contributed by atoms with Gasteiger partial charge in [0.05, 0.1) is 30.1 Å². The first-order valence-electron chi connectivity index (χ1n) is 7.83. The Kier molecular flexibility index (Phi) is 5.33. The summed E-state index contributed by atoms with van der Waals surface area (Å²) in [6.07, 6.45) is 0.793. The van der Waals surface area contributed by atoms with Gasteiger partial charge in [0.25, 0.3) is 0 Å². The van der Waals surface area contributed by atoms with E-state index < -0.39 is 0 Å². The standard InChI is InChI=1S/C19H20N2O2S/c1-14-3-6-16(7-4-14)22-9-2-10-23-19-8-5-15(11-17(19)20)18-12-24-13-21-18/h3-8,11-13H,2,9-10,20H2,1H3. The van der Waals surface area contributed by atoms with Gasteiger partial charge in [-0.05, 0) is 37.3 Å². The first kappa shape index (κ1) is 16.3. The monoisotopic (exact) mass is 340 g/mol. The first-order valence-corrected chi connectivity index (χ1v) is 8.77. The van der Waals surface area contributed by atoms with Crippen molar-refractivity contribution < 1.29 is 9.47 Å². The van der Waals surface area contributed by atoms with E-state index in [1.807, 2.05) is 53.4 Å². The second kappa shape index (κ2) is 7.84. The number of hydrogen-bond donors (Lipinski definition) is 1. The van der Waals surface area contributed by atoms with E-state index >= 15 is 0 Å². The molecule has 0 aliphatic heterocycles. The van der Waals surface area contributed by atoms with Gasteiger partial charge in [0.1, 0.15) is 11.5 Å². The minimum absolute atomic E-state index is 0.562. The number of nitrogens with zero attached hydrogens (tertiary/aromatic N) is 1. The van der Waals surface area contributed by atoms with Crippen LogP contribution in [-0.4, -0.2) is 18.2 Å². The van der Waals surface area contributed by atoms with Crippen molar-refractivity contribution in [2.45, 2.75) is 13.3 Å². The lowest BCUT2D eigenvalue weighted by Crippen LogP contribution is -2.06. The van der Waals surface area contributed by atoms with E-state index in [0.29, 0.717) is 24.7 Å².